The minimum atomic E-state index is -2.79. The summed E-state index contributed by atoms with van der Waals surface area (Å²) in [5.41, 5.74) is -0.444. The number of carbonyl (C=O) groups excluding carboxylic acids is 3. The van der Waals surface area contributed by atoms with E-state index in [1.807, 2.05) is 0 Å². The minimum Gasteiger partial charge on any atom is -0.444 e. The number of alkyl halides is 2. The summed E-state index contributed by atoms with van der Waals surface area (Å²) in [7, 11) is 0. The second-order valence-corrected chi connectivity index (χ2v) is 12.0. The standard InChI is InChI=1S/C30H35ClF3N3O4/c1-29(2,3)41-28(40)36-17-7-12-24(36)27(39)37(21-9-6-8-19(32)18-21)25(22-10-4-5-11-23(22)31)26(38)35-20-13-15-30(33,34)16-14-20/h4-6,8-11,18,20,24-25H,7,12-17H2,1-3H3,(H,35,38). The maximum atomic E-state index is 14.5. The normalized spacial score (nSPS) is 19.9. The number of nitrogens with one attached hydrogen (secondary N) is 1. The first-order chi connectivity index (χ1) is 19.3. The fourth-order valence-electron chi connectivity index (χ4n) is 5.31. The number of anilines is 1. The Bertz CT molecular complexity index is 1280. The van der Waals surface area contributed by atoms with Gasteiger partial charge in [0.2, 0.25) is 11.8 Å². The van der Waals surface area contributed by atoms with Crippen LogP contribution in [0.5, 0.6) is 0 Å². The molecule has 0 aromatic heterocycles. The van der Waals surface area contributed by atoms with E-state index in [9.17, 15) is 27.6 Å². The predicted molar refractivity (Wildman–Crippen MR) is 149 cm³/mol. The van der Waals surface area contributed by atoms with Crippen LogP contribution in [-0.4, -0.2) is 53.0 Å². The molecular formula is C30H35ClF3N3O4. The van der Waals surface area contributed by atoms with Crippen LogP contribution < -0.4 is 10.2 Å². The van der Waals surface area contributed by atoms with Crippen LogP contribution in [0.25, 0.3) is 0 Å². The van der Waals surface area contributed by atoms with Gasteiger partial charge >= 0.3 is 6.09 Å². The highest BCUT2D eigenvalue weighted by Crippen LogP contribution is 2.37. The van der Waals surface area contributed by atoms with Gasteiger partial charge in [-0.1, -0.05) is 35.9 Å². The lowest BCUT2D eigenvalue weighted by Crippen LogP contribution is -2.54. The Morgan fingerprint density at radius 2 is 1.76 bits per heavy atom. The molecule has 41 heavy (non-hydrogen) atoms. The topological polar surface area (TPSA) is 79.0 Å². The van der Waals surface area contributed by atoms with E-state index in [0.717, 1.165) is 11.0 Å². The van der Waals surface area contributed by atoms with E-state index in [1.54, 1.807) is 45.0 Å². The number of rotatable bonds is 6. The molecule has 0 radical (unpaired) electrons. The summed E-state index contributed by atoms with van der Waals surface area (Å²) in [6, 6.07) is 8.81. The Morgan fingerprint density at radius 1 is 1.07 bits per heavy atom. The number of hydrogen-bond donors (Lipinski definition) is 1. The van der Waals surface area contributed by atoms with Crippen LogP contribution >= 0.6 is 11.6 Å². The van der Waals surface area contributed by atoms with Crippen LogP contribution in [0.1, 0.15) is 70.9 Å². The summed E-state index contributed by atoms with van der Waals surface area (Å²) >= 11 is 6.55. The van der Waals surface area contributed by atoms with Crippen molar-refractivity contribution in [1.82, 2.24) is 10.2 Å². The maximum absolute atomic E-state index is 14.5. The van der Waals surface area contributed by atoms with E-state index in [4.69, 9.17) is 16.3 Å². The Morgan fingerprint density at radius 3 is 2.39 bits per heavy atom. The molecule has 1 saturated carbocycles. The van der Waals surface area contributed by atoms with Crippen molar-refractivity contribution in [3.8, 4) is 0 Å². The molecule has 1 heterocycles. The zero-order valence-corrected chi connectivity index (χ0v) is 24.1. The minimum absolute atomic E-state index is 0.0664. The lowest BCUT2D eigenvalue weighted by molar-refractivity contribution is -0.129. The third kappa shape index (κ3) is 7.52. The average molecular weight is 594 g/mol. The van der Waals surface area contributed by atoms with Gasteiger partial charge in [0, 0.05) is 41.7 Å². The van der Waals surface area contributed by atoms with E-state index >= 15 is 0 Å². The largest absolute Gasteiger partial charge is 0.444 e. The molecule has 3 amide bonds. The van der Waals surface area contributed by atoms with E-state index in [1.165, 1.54) is 23.1 Å². The number of ether oxygens (including phenoxy) is 1. The first-order valence-electron chi connectivity index (χ1n) is 13.8. The molecule has 2 fully saturated rings. The third-order valence-electron chi connectivity index (χ3n) is 7.26. The fourth-order valence-corrected chi connectivity index (χ4v) is 5.55. The molecule has 1 aliphatic heterocycles. The average Bonchev–Trinajstić information content (AvgIpc) is 3.38. The molecule has 1 aliphatic carbocycles. The molecule has 2 aromatic carbocycles. The number of nitrogens with zero attached hydrogens (tertiary/aromatic N) is 2. The number of likely N-dealkylation sites (tertiary alicyclic amines) is 1. The van der Waals surface area contributed by atoms with Crippen molar-refractivity contribution in [1.29, 1.82) is 0 Å². The molecule has 0 bridgehead atoms. The molecule has 7 nitrogen and oxygen atoms in total. The Hall–Kier alpha value is -3.27. The van der Waals surface area contributed by atoms with E-state index in [2.05, 4.69) is 5.32 Å². The van der Waals surface area contributed by atoms with Gasteiger partial charge in [-0.05, 0) is 70.7 Å². The van der Waals surface area contributed by atoms with Gasteiger partial charge in [0.1, 0.15) is 23.5 Å². The van der Waals surface area contributed by atoms with E-state index < -0.39 is 53.4 Å². The van der Waals surface area contributed by atoms with E-state index in [0.29, 0.717) is 12.8 Å². The predicted octanol–water partition coefficient (Wildman–Crippen LogP) is 6.65. The van der Waals surface area contributed by atoms with Crippen molar-refractivity contribution in [3.63, 3.8) is 0 Å². The van der Waals surface area contributed by atoms with Gasteiger partial charge in [0.05, 0.1) is 0 Å². The first kappa shape index (κ1) is 30.7. The van der Waals surface area contributed by atoms with Crippen molar-refractivity contribution < 1.29 is 32.3 Å². The highest BCUT2D eigenvalue weighted by Gasteiger charge is 2.44. The number of halogens is 4. The Balaban J connectivity index is 1.75. The smallest absolute Gasteiger partial charge is 0.410 e. The first-order valence-corrected chi connectivity index (χ1v) is 14.1. The van der Waals surface area contributed by atoms with Crippen LogP contribution in [0, 0.1) is 5.82 Å². The zero-order chi connectivity index (χ0) is 29.9. The van der Waals surface area contributed by atoms with Crippen LogP contribution in [0.4, 0.5) is 23.7 Å². The summed E-state index contributed by atoms with van der Waals surface area (Å²) in [6.07, 6.45) is -0.449. The fraction of sp³-hybridized carbons (Fsp3) is 0.500. The van der Waals surface area contributed by atoms with Gasteiger partial charge < -0.3 is 10.1 Å². The molecule has 11 heteroatoms. The van der Waals surface area contributed by atoms with Crippen molar-refractivity contribution in [2.24, 2.45) is 0 Å². The lowest BCUT2D eigenvalue weighted by atomic mass is 9.91. The monoisotopic (exact) mass is 593 g/mol. The van der Waals surface area contributed by atoms with Crippen LogP contribution in [0.15, 0.2) is 48.5 Å². The van der Waals surface area contributed by atoms with Gasteiger partial charge in [-0.3, -0.25) is 19.4 Å². The zero-order valence-electron chi connectivity index (χ0n) is 23.3. The second kappa shape index (κ2) is 12.3. The van der Waals surface area contributed by atoms with Crippen molar-refractivity contribution in [2.75, 3.05) is 11.4 Å². The molecule has 4 rings (SSSR count). The Labute approximate surface area is 243 Å². The summed E-state index contributed by atoms with van der Waals surface area (Å²) in [4.78, 5) is 43.9. The van der Waals surface area contributed by atoms with Crippen LogP contribution in [-0.2, 0) is 14.3 Å². The Kier molecular flexibility index (Phi) is 9.21. The molecule has 222 valence electrons. The van der Waals surface area contributed by atoms with Crippen molar-refractivity contribution in [3.05, 3.63) is 64.9 Å². The number of hydrogen-bond acceptors (Lipinski definition) is 4. The van der Waals surface area contributed by atoms with Gasteiger partial charge in [-0.2, -0.15) is 0 Å². The summed E-state index contributed by atoms with van der Waals surface area (Å²) in [6.45, 7) is 5.42. The maximum Gasteiger partial charge on any atom is 0.410 e. The summed E-state index contributed by atoms with van der Waals surface area (Å²) in [5, 5.41) is 3.02. The SMILES string of the molecule is CC(C)(C)OC(=O)N1CCCC1C(=O)N(c1cccc(F)c1)C(C(=O)NC1CCC(F)(F)CC1)c1ccccc1Cl. The van der Waals surface area contributed by atoms with Gasteiger partial charge in [-0.15, -0.1) is 0 Å². The third-order valence-corrected chi connectivity index (χ3v) is 7.60. The molecule has 0 spiro atoms. The number of benzene rings is 2. The van der Waals surface area contributed by atoms with Crippen molar-refractivity contribution in [2.45, 2.75) is 88.9 Å². The quantitative estimate of drug-likeness (QED) is 0.407. The van der Waals surface area contributed by atoms with Crippen LogP contribution in [0.2, 0.25) is 5.02 Å². The second-order valence-electron chi connectivity index (χ2n) is 11.6. The van der Waals surface area contributed by atoms with Gasteiger partial charge in [-0.25, -0.2) is 18.0 Å². The molecule has 2 unspecified atom stereocenters. The highest BCUT2D eigenvalue weighted by atomic mass is 35.5. The summed E-state index contributed by atoms with van der Waals surface area (Å²) in [5.74, 6) is -4.69. The molecule has 1 saturated heterocycles. The lowest BCUT2D eigenvalue weighted by Gasteiger charge is -2.37. The van der Waals surface area contributed by atoms with Crippen LogP contribution in [0.3, 0.4) is 0 Å². The number of amides is 3. The molecule has 2 aliphatic rings. The molecule has 1 N–H and O–H groups in total. The molecular weight excluding hydrogens is 559 g/mol. The summed E-state index contributed by atoms with van der Waals surface area (Å²) < 4.78 is 47.7. The van der Waals surface area contributed by atoms with Crippen molar-refractivity contribution >= 4 is 35.2 Å². The molecule has 2 aromatic rings. The van der Waals surface area contributed by atoms with Gasteiger partial charge in [0.15, 0.2) is 0 Å². The highest BCUT2D eigenvalue weighted by molar-refractivity contribution is 6.31. The molecule has 2 atom stereocenters. The van der Waals surface area contributed by atoms with Gasteiger partial charge in [0.25, 0.3) is 5.91 Å². The number of carbonyl (C=O) groups is 3. The van der Waals surface area contributed by atoms with E-state index in [-0.39, 0.29) is 48.5 Å².